The van der Waals surface area contributed by atoms with E-state index in [1.54, 1.807) is 10.6 Å². The molecule has 3 heterocycles. The maximum absolute atomic E-state index is 5.95. The summed E-state index contributed by atoms with van der Waals surface area (Å²) in [6, 6.07) is 1.75. The van der Waals surface area contributed by atoms with Gasteiger partial charge in [0.15, 0.2) is 0 Å². The molecule has 2 aromatic rings. The average molecular weight is 268 g/mol. The molecule has 0 spiro atoms. The Morgan fingerprint density at radius 3 is 3.28 bits per heavy atom. The number of nitrogens with one attached hydrogen (secondary N) is 1. The van der Waals surface area contributed by atoms with E-state index in [2.05, 4.69) is 27.3 Å². The highest BCUT2D eigenvalue weighted by Crippen LogP contribution is 2.21. The van der Waals surface area contributed by atoms with Crippen LogP contribution in [0.3, 0.4) is 0 Å². The summed E-state index contributed by atoms with van der Waals surface area (Å²) >= 11 is 5.95. The van der Waals surface area contributed by atoms with Crippen LogP contribution < -0.4 is 5.32 Å². The number of anilines is 1. The summed E-state index contributed by atoms with van der Waals surface area (Å²) in [5, 5.41) is 7.87. The van der Waals surface area contributed by atoms with Crippen molar-refractivity contribution in [3.05, 3.63) is 17.5 Å². The van der Waals surface area contributed by atoms with E-state index in [-0.39, 0.29) is 0 Å². The Hall–Kier alpha value is -1.40. The van der Waals surface area contributed by atoms with Crippen molar-refractivity contribution in [3.63, 3.8) is 0 Å². The number of nitrogens with zero attached hydrogens (tertiary/aromatic N) is 4. The number of rotatable bonds is 3. The van der Waals surface area contributed by atoms with Gasteiger partial charge in [0.1, 0.15) is 17.3 Å². The third-order valence-electron chi connectivity index (χ3n) is 3.30. The Kier molecular flexibility index (Phi) is 3.05. The molecule has 0 aliphatic carbocycles. The van der Waals surface area contributed by atoms with E-state index in [0.29, 0.717) is 23.0 Å². The van der Waals surface area contributed by atoms with Crippen LogP contribution in [0.2, 0.25) is 5.15 Å². The van der Waals surface area contributed by atoms with Gasteiger partial charge in [0, 0.05) is 25.1 Å². The zero-order valence-electron chi connectivity index (χ0n) is 10.0. The quantitative estimate of drug-likeness (QED) is 0.856. The Balaban J connectivity index is 1.79. The van der Waals surface area contributed by atoms with Crippen LogP contribution in [0.15, 0.2) is 12.4 Å². The number of aromatic nitrogens is 4. The van der Waals surface area contributed by atoms with Crippen molar-refractivity contribution in [3.8, 4) is 0 Å². The Morgan fingerprint density at radius 1 is 1.61 bits per heavy atom. The van der Waals surface area contributed by atoms with Crippen molar-refractivity contribution in [1.82, 2.24) is 19.6 Å². The van der Waals surface area contributed by atoms with Gasteiger partial charge < -0.3 is 10.1 Å². The van der Waals surface area contributed by atoms with E-state index < -0.39 is 0 Å². The molecule has 0 aromatic carbocycles. The molecule has 1 aliphatic rings. The van der Waals surface area contributed by atoms with Crippen LogP contribution in [-0.4, -0.2) is 38.8 Å². The second kappa shape index (κ2) is 4.70. The lowest BCUT2D eigenvalue weighted by Gasteiger charge is -2.15. The van der Waals surface area contributed by atoms with Crippen molar-refractivity contribution in [2.75, 3.05) is 18.5 Å². The van der Waals surface area contributed by atoms with Gasteiger partial charge in [-0.05, 0) is 13.3 Å². The number of halogens is 1. The van der Waals surface area contributed by atoms with Crippen LogP contribution in [0.25, 0.3) is 5.78 Å². The van der Waals surface area contributed by atoms with E-state index in [9.17, 15) is 0 Å². The van der Waals surface area contributed by atoms with Gasteiger partial charge >= 0.3 is 0 Å². The fourth-order valence-electron chi connectivity index (χ4n) is 2.19. The molecule has 1 N–H and O–H groups in total. The number of hydrogen-bond acceptors (Lipinski definition) is 5. The highest BCUT2D eigenvalue weighted by atomic mass is 35.5. The zero-order valence-corrected chi connectivity index (χ0v) is 10.8. The fraction of sp³-hybridized carbons (Fsp3) is 0.545. The second-order valence-corrected chi connectivity index (χ2v) is 4.83. The topological polar surface area (TPSA) is 64.3 Å². The van der Waals surface area contributed by atoms with Crippen LogP contribution >= 0.6 is 11.6 Å². The third kappa shape index (κ3) is 2.13. The Morgan fingerprint density at radius 2 is 2.50 bits per heavy atom. The van der Waals surface area contributed by atoms with Crippen LogP contribution in [0.1, 0.15) is 13.3 Å². The summed E-state index contributed by atoms with van der Waals surface area (Å²) in [5.41, 5.74) is 0. The van der Waals surface area contributed by atoms with Crippen LogP contribution in [0.4, 0.5) is 5.82 Å². The van der Waals surface area contributed by atoms with Crippen LogP contribution in [0.5, 0.6) is 0 Å². The maximum Gasteiger partial charge on any atom is 0.255 e. The minimum atomic E-state index is 0.293. The molecule has 0 radical (unpaired) electrons. The first-order valence-electron chi connectivity index (χ1n) is 5.96. The van der Waals surface area contributed by atoms with Gasteiger partial charge in [0.25, 0.3) is 5.78 Å². The van der Waals surface area contributed by atoms with Crippen LogP contribution in [-0.2, 0) is 4.74 Å². The fourth-order valence-corrected chi connectivity index (χ4v) is 2.37. The Bertz CT molecular complexity index is 557. The number of ether oxygens (including phenoxy) is 1. The van der Waals surface area contributed by atoms with Gasteiger partial charge in [-0.25, -0.2) is 0 Å². The molecule has 0 amide bonds. The lowest BCUT2D eigenvalue weighted by molar-refractivity contribution is 0.108. The van der Waals surface area contributed by atoms with Gasteiger partial charge in [0.2, 0.25) is 0 Å². The monoisotopic (exact) mass is 267 g/mol. The number of hydrogen-bond donors (Lipinski definition) is 1. The highest BCUT2D eigenvalue weighted by molar-refractivity contribution is 6.29. The molecule has 0 bridgehead atoms. The molecule has 2 aromatic heterocycles. The van der Waals surface area contributed by atoms with E-state index in [1.165, 1.54) is 6.33 Å². The minimum absolute atomic E-state index is 0.293. The molecular formula is C11H14ClN5O. The van der Waals surface area contributed by atoms with Crippen molar-refractivity contribution < 1.29 is 4.74 Å². The first-order chi connectivity index (χ1) is 8.74. The van der Waals surface area contributed by atoms with Crippen LogP contribution in [0, 0.1) is 5.92 Å². The van der Waals surface area contributed by atoms with Gasteiger partial charge in [-0.2, -0.15) is 19.6 Å². The molecule has 2 atom stereocenters. The van der Waals surface area contributed by atoms with Gasteiger partial charge in [-0.1, -0.05) is 11.6 Å². The first kappa shape index (κ1) is 11.7. The van der Waals surface area contributed by atoms with Gasteiger partial charge in [-0.15, -0.1) is 0 Å². The van der Waals surface area contributed by atoms with Gasteiger partial charge in [-0.3, -0.25) is 0 Å². The molecule has 2 unspecified atom stereocenters. The zero-order chi connectivity index (χ0) is 12.5. The maximum atomic E-state index is 5.95. The molecule has 6 nitrogen and oxygen atoms in total. The summed E-state index contributed by atoms with van der Waals surface area (Å²) < 4.78 is 7.18. The standard InChI is InChI=1S/C11H14ClN5O/c1-7-8(2-3-18-7)5-13-10-4-9(12)16-11-14-6-15-17(10)11/h4,6-8,13H,2-3,5H2,1H3. The normalized spacial score (nSPS) is 23.7. The predicted octanol–water partition coefficient (Wildman–Crippen LogP) is 1.61. The van der Waals surface area contributed by atoms with Crippen molar-refractivity contribution in [1.29, 1.82) is 0 Å². The van der Waals surface area contributed by atoms with Crippen molar-refractivity contribution >= 4 is 23.2 Å². The van der Waals surface area contributed by atoms with Gasteiger partial charge in [0.05, 0.1) is 6.10 Å². The summed E-state index contributed by atoms with van der Waals surface area (Å²) in [7, 11) is 0. The SMILES string of the molecule is CC1OCCC1CNc1cc(Cl)nc2ncnn12. The summed E-state index contributed by atoms with van der Waals surface area (Å²) in [4.78, 5) is 8.11. The summed E-state index contributed by atoms with van der Waals surface area (Å²) in [6.45, 7) is 3.77. The van der Waals surface area contributed by atoms with E-state index >= 15 is 0 Å². The van der Waals surface area contributed by atoms with Crippen molar-refractivity contribution in [2.24, 2.45) is 5.92 Å². The summed E-state index contributed by atoms with van der Waals surface area (Å²) in [6.07, 6.45) is 2.83. The third-order valence-corrected chi connectivity index (χ3v) is 3.49. The molecule has 1 fully saturated rings. The number of fused-ring (bicyclic) bond motifs is 1. The predicted molar refractivity (Wildman–Crippen MR) is 67.8 cm³/mol. The highest BCUT2D eigenvalue weighted by Gasteiger charge is 2.24. The lowest BCUT2D eigenvalue weighted by Crippen LogP contribution is -2.21. The lowest BCUT2D eigenvalue weighted by atomic mass is 10.0. The molecule has 1 saturated heterocycles. The Labute approximate surface area is 109 Å². The molecule has 3 rings (SSSR count). The molecule has 7 heteroatoms. The van der Waals surface area contributed by atoms with E-state index in [1.807, 2.05) is 0 Å². The molecular weight excluding hydrogens is 254 g/mol. The second-order valence-electron chi connectivity index (χ2n) is 4.44. The average Bonchev–Trinajstić information content (AvgIpc) is 2.94. The first-order valence-corrected chi connectivity index (χ1v) is 6.33. The molecule has 0 saturated carbocycles. The molecule has 1 aliphatic heterocycles. The largest absolute Gasteiger partial charge is 0.378 e. The molecule has 96 valence electrons. The van der Waals surface area contributed by atoms with Crippen molar-refractivity contribution in [2.45, 2.75) is 19.4 Å². The smallest absolute Gasteiger partial charge is 0.255 e. The van der Waals surface area contributed by atoms with E-state index in [0.717, 1.165) is 25.4 Å². The molecule has 18 heavy (non-hydrogen) atoms. The van der Waals surface area contributed by atoms with E-state index in [4.69, 9.17) is 16.3 Å². The minimum Gasteiger partial charge on any atom is -0.378 e. The summed E-state index contributed by atoms with van der Waals surface area (Å²) in [5.74, 6) is 1.82.